The molecule has 0 saturated heterocycles. The normalized spacial score (nSPS) is 10.2. The highest BCUT2D eigenvalue weighted by Crippen LogP contribution is 2.13. The SMILES string of the molecule is CCc1ccc(NC(=O)Cc2ccc(O)cc2)cc1. The van der Waals surface area contributed by atoms with Gasteiger partial charge in [0.2, 0.25) is 5.91 Å². The van der Waals surface area contributed by atoms with E-state index >= 15 is 0 Å². The molecule has 3 heteroatoms. The highest BCUT2D eigenvalue weighted by molar-refractivity contribution is 5.92. The minimum atomic E-state index is -0.0602. The molecule has 3 nitrogen and oxygen atoms in total. The highest BCUT2D eigenvalue weighted by atomic mass is 16.3. The fourth-order valence-electron chi connectivity index (χ4n) is 1.83. The van der Waals surface area contributed by atoms with Gasteiger partial charge in [-0.3, -0.25) is 4.79 Å². The van der Waals surface area contributed by atoms with Crippen LogP contribution in [-0.4, -0.2) is 11.0 Å². The van der Waals surface area contributed by atoms with Crippen LogP contribution in [0.2, 0.25) is 0 Å². The Balaban J connectivity index is 1.95. The molecule has 0 fully saturated rings. The summed E-state index contributed by atoms with van der Waals surface area (Å²) in [6.07, 6.45) is 1.29. The predicted octanol–water partition coefficient (Wildman–Crippen LogP) is 3.14. The Labute approximate surface area is 112 Å². The lowest BCUT2D eigenvalue weighted by Gasteiger charge is -2.06. The maximum Gasteiger partial charge on any atom is 0.228 e. The number of aryl methyl sites for hydroxylation is 1. The van der Waals surface area contributed by atoms with Crippen molar-refractivity contribution in [3.63, 3.8) is 0 Å². The van der Waals surface area contributed by atoms with Crippen molar-refractivity contribution in [2.45, 2.75) is 19.8 Å². The first-order valence-corrected chi connectivity index (χ1v) is 6.34. The second-order valence-electron chi connectivity index (χ2n) is 4.44. The van der Waals surface area contributed by atoms with Crippen molar-refractivity contribution in [3.8, 4) is 5.75 Å². The van der Waals surface area contributed by atoms with Gasteiger partial charge in [-0.05, 0) is 41.8 Å². The van der Waals surface area contributed by atoms with E-state index in [1.165, 1.54) is 5.56 Å². The van der Waals surface area contributed by atoms with E-state index in [1.54, 1.807) is 24.3 Å². The lowest BCUT2D eigenvalue weighted by molar-refractivity contribution is -0.115. The fourth-order valence-corrected chi connectivity index (χ4v) is 1.83. The summed E-state index contributed by atoms with van der Waals surface area (Å²) in [7, 11) is 0. The Kier molecular flexibility index (Phi) is 4.18. The third-order valence-corrected chi connectivity index (χ3v) is 2.95. The first kappa shape index (κ1) is 13.1. The summed E-state index contributed by atoms with van der Waals surface area (Å²) in [4.78, 5) is 11.8. The lowest BCUT2D eigenvalue weighted by Crippen LogP contribution is -2.14. The summed E-state index contributed by atoms with van der Waals surface area (Å²) in [5.74, 6) is 0.147. The van der Waals surface area contributed by atoms with Crippen LogP contribution in [0, 0.1) is 0 Å². The van der Waals surface area contributed by atoms with Crippen LogP contribution in [0.3, 0.4) is 0 Å². The molecule has 2 aromatic carbocycles. The molecule has 0 saturated carbocycles. The van der Waals surface area contributed by atoms with E-state index in [1.807, 2.05) is 24.3 Å². The summed E-state index contributed by atoms with van der Waals surface area (Å²) in [5, 5.41) is 12.0. The minimum Gasteiger partial charge on any atom is -0.508 e. The van der Waals surface area contributed by atoms with Gasteiger partial charge in [0.05, 0.1) is 6.42 Å². The van der Waals surface area contributed by atoms with Crippen molar-refractivity contribution >= 4 is 11.6 Å². The molecule has 0 aliphatic heterocycles. The molecular formula is C16H17NO2. The molecule has 1 amide bonds. The number of hydrogen-bond acceptors (Lipinski definition) is 2. The van der Waals surface area contributed by atoms with Crippen LogP contribution in [0.5, 0.6) is 5.75 Å². The zero-order chi connectivity index (χ0) is 13.7. The molecule has 98 valence electrons. The van der Waals surface area contributed by atoms with Crippen LogP contribution in [0.4, 0.5) is 5.69 Å². The van der Waals surface area contributed by atoms with Gasteiger partial charge in [-0.15, -0.1) is 0 Å². The average Bonchev–Trinajstić information content (AvgIpc) is 2.42. The number of aromatic hydroxyl groups is 1. The van der Waals surface area contributed by atoms with Crippen LogP contribution in [0.25, 0.3) is 0 Å². The standard InChI is InChI=1S/C16H17NO2/c1-2-12-3-7-14(8-4-12)17-16(19)11-13-5-9-15(18)10-6-13/h3-10,18H,2,11H2,1H3,(H,17,19). The van der Waals surface area contributed by atoms with Crippen molar-refractivity contribution in [2.24, 2.45) is 0 Å². The van der Waals surface area contributed by atoms with Gasteiger partial charge in [-0.25, -0.2) is 0 Å². The summed E-state index contributed by atoms with van der Waals surface area (Å²) in [5.41, 5.74) is 2.93. The first-order chi connectivity index (χ1) is 9.17. The molecule has 0 aromatic heterocycles. The van der Waals surface area contributed by atoms with Crippen molar-refractivity contribution in [3.05, 3.63) is 59.7 Å². The maximum absolute atomic E-state index is 11.8. The number of hydrogen-bond donors (Lipinski definition) is 2. The zero-order valence-electron chi connectivity index (χ0n) is 10.9. The molecule has 2 aromatic rings. The monoisotopic (exact) mass is 255 g/mol. The summed E-state index contributed by atoms with van der Waals surface area (Å²) < 4.78 is 0. The van der Waals surface area contributed by atoms with Crippen LogP contribution in [0.1, 0.15) is 18.1 Å². The number of rotatable bonds is 4. The van der Waals surface area contributed by atoms with Crippen molar-refractivity contribution < 1.29 is 9.90 Å². The Bertz CT molecular complexity index is 544. The maximum atomic E-state index is 11.8. The zero-order valence-corrected chi connectivity index (χ0v) is 10.9. The number of amides is 1. The summed E-state index contributed by atoms with van der Waals surface area (Å²) in [6, 6.07) is 14.5. The van der Waals surface area contributed by atoms with E-state index in [-0.39, 0.29) is 11.7 Å². The molecule has 0 atom stereocenters. The Morgan fingerprint density at radius 3 is 2.16 bits per heavy atom. The lowest BCUT2D eigenvalue weighted by atomic mass is 10.1. The van der Waals surface area contributed by atoms with Gasteiger partial charge >= 0.3 is 0 Å². The largest absolute Gasteiger partial charge is 0.508 e. The van der Waals surface area contributed by atoms with E-state index in [2.05, 4.69) is 12.2 Å². The molecule has 0 unspecified atom stereocenters. The van der Waals surface area contributed by atoms with Crippen LogP contribution in [0.15, 0.2) is 48.5 Å². The van der Waals surface area contributed by atoms with Gasteiger partial charge in [0.1, 0.15) is 5.75 Å². The first-order valence-electron chi connectivity index (χ1n) is 6.34. The molecule has 19 heavy (non-hydrogen) atoms. The van der Waals surface area contributed by atoms with Gasteiger partial charge in [0.25, 0.3) is 0 Å². The number of phenols is 1. The minimum absolute atomic E-state index is 0.0602. The van der Waals surface area contributed by atoms with Gasteiger partial charge < -0.3 is 10.4 Å². The molecule has 0 aliphatic rings. The Morgan fingerprint density at radius 1 is 1.00 bits per heavy atom. The molecular weight excluding hydrogens is 238 g/mol. The van der Waals surface area contributed by atoms with E-state index in [9.17, 15) is 9.90 Å². The number of anilines is 1. The van der Waals surface area contributed by atoms with Gasteiger partial charge in [-0.1, -0.05) is 31.2 Å². The third kappa shape index (κ3) is 3.85. The summed E-state index contributed by atoms with van der Waals surface area (Å²) >= 11 is 0. The van der Waals surface area contributed by atoms with E-state index in [0.29, 0.717) is 6.42 Å². The number of carbonyl (C=O) groups excluding carboxylic acids is 1. The third-order valence-electron chi connectivity index (χ3n) is 2.95. The Morgan fingerprint density at radius 2 is 1.58 bits per heavy atom. The fraction of sp³-hybridized carbons (Fsp3) is 0.188. The van der Waals surface area contributed by atoms with Crippen molar-refractivity contribution in [1.82, 2.24) is 0 Å². The van der Waals surface area contributed by atoms with Crippen molar-refractivity contribution in [1.29, 1.82) is 0 Å². The van der Waals surface area contributed by atoms with Crippen LogP contribution in [-0.2, 0) is 17.6 Å². The van der Waals surface area contributed by atoms with E-state index < -0.39 is 0 Å². The van der Waals surface area contributed by atoms with Gasteiger partial charge in [-0.2, -0.15) is 0 Å². The molecule has 0 aliphatic carbocycles. The van der Waals surface area contributed by atoms with Gasteiger partial charge in [0.15, 0.2) is 0 Å². The molecule has 0 radical (unpaired) electrons. The van der Waals surface area contributed by atoms with E-state index in [4.69, 9.17) is 0 Å². The molecule has 0 spiro atoms. The highest BCUT2D eigenvalue weighted by Gasteiger charge is 2.04. The smallest absolute Gasteiger partial charge is 0.228 e. The average molecular weight is 255 g/mol. The number of carbonyl (C=O) groups is 1. The molecule has 0 bridgehead atoms. The number of benzene rings is 2. The van der Waals surface area contributed by atoms with E-state index in [0.717, 1.165) is 17.7 Å². The van der Waals surface area contributed by atoms with Crippen LogP contribution < -0.4 is 5.32 Å². The topological polar surface area (TPSA) is 49.3 Å². The summed E-state index contributed by atoms with van der Waals surface area (Å²) in [6.45, 7) is 2.10. The molecule has 2 N–H and O–H groups in total. The quantitative estimate of drug-likeness (QED) is 0.881. The second kappa shape index (κ2) is 6.05. The Hall–Kier alpha value is -2.29. The molecule has 2 rings (SSSR count). The van der Waals surface area contributed by atoms with Gasteiger partial charge in [0, 0.05) is 5.69 Å². The number of nitrogens with one attached hydrogen (secondary N) is 1. The van der Waals surface area contributed by atoms with Crippen molar-refractivity contribution in [2.75, 3.05) is 5.32 Å². The predicted molar refractivity (Wildman–Crippen MR) is 76.3 cm³/mol. The van der Waals surface area contributed by atoms with Crippen LogP contribution >= 0.6 is 0 Å². The number of phenolic OH excluding ortho intramolecular Hbond substituents is 1. The molecule has 0 heterocycles. The second-order valence-corrected chi connectivity index (χ2v) is 4.44.